The molecule has 1 amide bonds. The van der Waals surface area contributed by atoms with Crippen LogP contribution in [0, 0.1) is 6.92 Å². The predicted octanol–water partition coefficient (Wildman–Crippen LogP) is 2.47. The van der Waals surface area contributed by atoms with Gasteiger partial charge in [-0.05, 0) is 44.2 Å². The van der Waals surface area contributed by atoms with Gasteiger partial charge in [0.25, 0.3) is 5.91 Å². The lowest BCUT2D eigenvalue weighted by molar-refractivity contribution is 0.0958. The van der Waals surface area contributed by atoms with E-state index in [9.17, 15) is 4.79 Å². The fraction of sp³-hybridized carbons (Fsp3) is 0.526. The first-order valence-electron chi connectivity index (χ1n) is 9.69. The van der Waals surface area contributed by atoms with Crippen LogP contribution in [0.3, 0.4) is 0 Å². The maximum Gasteiger partial charge on any atom is 0.263 e. The standard InChI is InChI=1S/C19H28N6OS2/c1-3-20-19(22-9-8-21-18(26)17-14(2)23-13-28-17)24-15-6-10-25(11-7-15)16-5-4-12-27-16/h4-5,12-13,15H,3,6-11H2,1-2H3,(H,21,26)(H2,20,22,24). The number of amides is 1. The lowest BCUT2D eigenvalue weighted by Gasteiger charge is -2.33. The number of hydrogen-bond acceptors (Lipinski definition) is 6. The lowest BCUT2D eigenvalue weighted by atomic mass is 10.1. The Morgan fingerprint density at radius 1 is 1.32 bits per heavy atom. The second-order valence-corrected chi connectivity index (χ2v) is 8.42. The SMILES string of the molecule is CCNC(=NCCNC(=O)c1scnc1C)NC1CCN(c2cccs2)CC1. The summed E-state index contributed by atoms with van der Waals surface area (Å²) >= 11 is 3.17. The largest absolute Gasteiger partial charge is 0.363 e. The first-order valence-corrected chi connectivity index (χ1v) is 11.4. The summed E-state index contributed by atoms with van der Waals surface area (Å²) in [6.45, 7) is 7.87. The van der Waals surface area contributed by atoms with Gasteiger partial charge in [-0.1, -0.05) is 0 Å². The van der Waals surface area contributed by atoms with Gasteiger partial charge in [0.2, 0.25) is 0 Å². The second kappa shape index (κ2) is 10.4. The van der Waals surface area contributed by atoms with E-state index in [1.165, 1.54) is 16.3 Å². The van der Waals surface area contributed by atoms with E-state index in [1.807, 2.05) is 6.92 Å². The number of nitrogens with zero attached hydrogens (tertiary/aromatic N) is 3. The number of thiazole rings is 1. The Kier molecular flexibility index (Phi) is 7.67. The van der Waals surface area contributed by atoms with Crippen LogP contribution < -0.4 is 20.9 Å². The van der Waals surface area contributed by atoms with Crippen molar-refractivity contribution in [1.29, 1.82) is 0 Å². The van der Waals surface area contributed by atoms with Crippen LogP contribution in [-0.4, -0.2) is 55.6 Å². The molecular formula is C19H28N6OS2. The first-order chi connectivity index (χ1) is 13.7. The third-order valence-corrected chi connectivity index (χ3v) is 6.47. The van der Waals surface area contributed by atoms with Crippen molar-refractivity contribution in [2.45, 2.75) is 32.7 Å². The van der Waals surface area contributed by atoms with Gasteiger partial charge >= 0.3 is 0 Å². The van der Waals surface area contributed by atoms with E-state index >= 15 is 0 Å². The number of thiophene rings is 1. The third-order valence-electron chi connectivity index (χ3n) is 4.62. The molecule has 3 heterocycles. The molecule has 7 nitrogen and oxygen atoms in total. The average Bonchev–Trinajstić information content (AvgIpc) is 3.37. The van der Waals surface area contributed by atoms with E-state index in [2.05, 4.69) is 55.3 Å². The number of carbonyl (C=O) groups excluding carboxylic acids is 1. The van der Waals surface area contributed by atoms with Gasteiger partial charge < -0.3 is 20.9 Å². The van der Waals surface area contributed by atoms with Crippen molar-refractivity contribution in [3.05, 3.63) is 33.6 Å². The first kappa shape index (κ1) is 20.6. The van der Waals surface area contributed by atoms with E-state index in [0.717, 1.165) is 44.1 Å². The van der Waals surface area contributed by atoms with Crippen LogP contribution in [0.25, 0.3) is 0 Å². The molecule has 1 saturated heterocycles. The number of aryl methyl sites for hydroxylation is 1. The number of hydrogen-bond donors (Lipinski definition) is 3. The van der Waals surface area contributed by atoms with Crippen LogP contribution in [0.15, 0.2) is 28.0 Å². The number of carbonyl (C=O) groups is 1. The fourth-order valence-electron chi connectivity index (χ4n) is 3.14. The van der Waals surface area contributed by atoms with Crippen LogP contribution in [0.4, 0.5) is 5.00 Å². The molecule has 0 atom stereocenters. The number of aliphatic imine (C=N–C) groups is 1. The van der Waals surface area contributed by atoms with Gasteiger partial charge in [0.05, 0.1) is 22.8 Å². The van der Waals surface area contributed by atoms with Crippen LogP contribution >= 0.6 is 22.7 Å². The van der Waals surface area contributed by atoms with Gasteiger partial charge in [-0.15, -0.1) is 22.7 Å². The van der Waals surface area contributed by atoms with Gasteiger partial charge in [0.15, 0.2) is 5.96 Å². The fourth-order valence-corrected chi connectivity index (χ4v) is 4.65. The number of piperidine rings is 1. The van der Waals surface area contributed by atoms with Crippen molar-refractivity contribution in [2.75, 3.05) is 37.6 Å². The molecule has 0 saturated carbocycles. The zero-order chi connectivity index (χ0) is 19.8. The summed E-state index contributed by atoms with van der Waals surface area (Å²) in [6, 6.07) is 4.71. The minimum atomic E-state index is -0.0749. The summed E-state index contributed by atoms with van der Waals surface area (Å²) in [6.07, 6.45) is 2.17. The van der Waals surface area contributed by atoms with Crippen molar-refractivity contribution in [1.82, 2.24) is 20.9 Å². The summed E-state index contributed by atoms with van der Waals surface area (Å²) in [4.78, 5) is 24.0. The molecule has 0 bridgehead atoms. The Labute approximate surface area is 174 Å². The molecule has 152 valence electrons. The molecule has 2 aromatic heterocycles. The maximum atomic E-state index is 12.1. The Morgan fingerprint density at radius 3 is 2.79 bits per heavy atom. The zero-order valence-electron chi connectivity index (χ0n) is 16.4. The summed E-state index contributed by atoms with van der Waals surface area (Å²) in [5, 5.41) is 13.2. The number of nitrogens with one attached hydrogen (secondary N) is 3. The molecule has 9 heteroatoms. The molecule has 3 rings (SSSR count). The molecule has 1 aliphatic heterocycles. The van der Waals surface area contributed by atoms with Crippen molar-refractivity contribution in [3.8, 4) is 0 Å². The summed E-state index contributed by atoms with van der Waals surface area (Å²) in [5.74, 6) is 0.745. The Bertz CT molecular complexity index is 765. The zero-order valence-corrected chi connectivity index (χ0v) is 18.0. The third kappa shape index (κ3) is 5.68. The highest BCUT2D eigenvalue weighted by molar-refractivity contribution is 7.14. The van der Waals surface area contributed by atoms with Gasteiger partial charge in [-0.25, -0.2) is 4.98 Å². The van der Waals surface area contributed by atoms with Gasteiger partial charge in [0.1, 0.15) is 4.88 Å². The molecule has 0 aromatic carbocycles. The highest BCUT2D eigenvalue weighted by Crippen LogP contribution is 2.24. The second-order valence-electron chi connectivity index (χ2n) is 6.64. The summed E-state index contributed by atoms with van der Waals surface area (Å²) in [5.41, 5.74) is 2.47. The van der Waals surface area contributed by atoms with Crippen LogP contribution in [0.5, 0.6) is 0 Å². The molecule has 0 spiro atoms. The van der Waals surface area contributed by atoms with Crippen molar-refractivity contribution in [2.24, 2.45) is 4.99 Å². The van der Waals surface area contributed by atoms with Gasteiger partial charge in [-0.3, -0.25) is 9.79 Å². The molecule has 3 N–H and O–H groups in total. The number of guanidine groups is 1. The molecule has 1 fully saturated rings. The van der Waals surface area contributed by atoms with Crippen molar-refractivity contribution < 1.29 is 4.79 Å². The quantitative estimate of drug-likeness (QED) is 0.364. The van der Waals surface area contributed by atoms with Gasteiger partial charge in [-0.2, -0.15) is 0 Å². The molecule has 1 aliphatic rings. The Morgan fingerprint density at radius 2 is 2.14 bits per heavy atom. The average molecular weight is 421 g/mol. The summed E-state index contributed by atoms with van der Waals surface area (Å²) in [7, 11) is 0. The topological polar surface area (TPSA) is 81.6 Å². The highest BCUT2D eigenvalue weighted by atomic mass is 32.1. The minimum Gasteiger partial charge on any atom is -0.363 e. The molecular weight excluding hydrogens is 392 g/mol. The maximum absolute atomic E-state index is 12.1. The van der Waals surface area contributed by atoms with E-state index in [0.29, 0.717) is 24.0 Å². The minimum absolute atomic E-state index is 0.0749. The number of aromatic nitrogens is 1. The van der Waals surface area contributed by atoms with E-state index in [-0.39, 0.29) is 5.91 Å². The Balaban J connectivity index is 1.43. The van der Waals surface area contributed by atoms with Gasteiger partial charge in [0, 0.05) is 32.2 Å². The van der Waals surface area contributed by atoms with Crippen LogP contribution in [0.2, 0.25) is 0 Å². The Hall–Kier alpha value is -2.13. The molecule has 0 radical (unpaired) electrons. The highest BCUT2D eigenvalue weighted by Gasteiger charge is 2.20. The van der Waals surface area contributed by atoms with E-state index in [1.54, 1.807) is 16.8 Å². The molecule has 0 unspecified atom stereocenters. The normalized spacial score (nSPS) is 15.5. The summed E-state index contributed by atoms with van der Waals surface area (Å²) < 4.78 is 0. The monoisotopic (exact) mass is 420 g/mol. The van der Waals surface area contributed by atoms with Crippen LogP contribution in [-0.2, 0) is 0 Å². The lowest BCUT2D eigenvalue weighted by Crippen LogP contribution is -2.48. The van der Waals surface area contributed by atoms with Crippen LogP contribution in [0.1, 0.15) is 35.1 Å². The molecule has 2 aromatic rings. The molecule has 28 heavy (non-hydrogen) atoms. The number of anilines is 1. The smallest absolute Gasteiger partial charge is 0.263 e. The van der Waals surface area contributed by atoms with E-state index in [4.69, 9.17) is 0 Å². The van der Waals surface area contributed by atoms with E-state index < -0.39 is 0 Å². The van der Waals surface area contributed by atoms with Crippen molar-refractivity contribution >= 4 is 39.5 Å². The number of rotatable bonds is 7. The van der Waals surface area contributed by atoms with Crippen molar-refractivity contribution in [3.63, 3.8) is 0 Å². The molecule has 0 aliphatic carbocycles. The predicted molar refractivity (Wildman–Crippen MR) is 118 cm³/mol.